The van der Waals surface area contributed by atoms with E-state index < -0.39 is 26.7 Å². The topological polar surface area (TPSA) is 72.3 Å². The molecule has 0 N–H and O–H groups in total. The molecule has 1 saturated heterocycles. The molecule has 3 aromatic rings. The summed E-state index contributed by atoms with van der Waals surface area (Å²) in [4.78, 5) is 16.7. The van der Waals surface area contributed by atoms with E-state index >= 15 is 0 Å². The number of sulfonamides is 1. The van der Waals surface area contributed by atoms with E-state index in [1.807, 2.05) is 0 Å². The lowest BCUT2D eigenvalue weighted by Crippen LogP contribution is -2.40. The summed E-state index contributed by atoms with van der Waals surface area (Å²) in [6.07, 6.45) is -2.55. The minimum atomic E-state index is -4.63. The van der Waals surface area contributed by atoms with Crippen LogP contribution in [0.25, 0.3) is 10.9 Å². The zero-order valence-electron chi connectivity index (χ0n) is 16.0. The predicted molar refractivity (Wildman–Crippen MR) is 109 cm³/mol. The minimum absolute atomic E-state index is 0.0777. The number of benzene rings is 2. The van der Waals surface area contributed by atoms with Crippen LogP contribution in [-0.2, 0) is 16.2 Å². The van der Waals surface area contributed by atoms with Crippen molar-refractivity contribution in [2.24, 2.45) is 0 Å². The molecule has 1 aliphatic rings. The summed E-state index contributed by atoms with van der Waals surface area (Å²) in [7, 11) is -4.08. The number of nitrogens with zero attached hydrogens (tertiary/aromatic N) is 3. The molecule has 0 bridgehead atoms. The molecule has 11 heteroatoms. The fourth-order valence-corrected chi connectivity index (χ4v) is 5.39. The second-order valence-electron chi connectivity index (χ2n) is 7.28. The van der Waals surface area contributed by atoms with Gasteiger partial charge in [0.25, 0.3) is 5.56 Å². The van der Waals surface area contributed by atoms with Crippen molar-refractivity contribution in [3.8, 4) is 0 Å². The SMILES string of the molecule is O=c1c2ccc(Cl)cc2ncn1C1CCN(S(=O)(=O)c2cccc(C(F)(F)F)c2)CC1. The van der Waals surface area contributed by atoms with Crippen LogP contribution in [0, 0.1) is 0 Å². The van der Waals surface area contributed by atoms with Gasteiger partial charge in [0.15, 0.2) is 0 Å². The molecule has 2 heterocycles. The van der Waals surface area contributed by atoms with Crippen LogP contribution in [0.15, 0.2) is 58.5 Å². The molecule has 4 rings (SSSR count). The Kier molecular flexibility index (Phi) is 5.57. The van der Waals surface area contributed by atoms with Crippen LogP contribution < -0.4 is 5.56 Å². The van der Waals surface area contributed by atoms with Crippen molar-refractivity contribution < 1.29 is 21.6 Å². The first kappa shape index (κ1) is 21.8. The third-order valence-corrected chi connectivity index (χ3v) is 7.49. The lowest BCUT2D eigenvalue weighted by Gasteiger charge is -2.32. The van der Waals surface area contributed by atoms with Gasteiger partial charge in [-0.3, -0.25) is 9.36 Å². The molecule has 1 aliphatic heterocycles. The maximum atomic E-state index is 13.0. The molecular formula is C20H17ClF3N3O3S. The molecule has 0 radical (unpaired) electrons. The van der Waals surface area contributed by atoms with Gasteiger partial charge in [0, 0.05) is 24.2 Å². The Morgan fingerprint density at radius 1 is 1.06 bits per heavy atom. The van der Waals surface area contributed by atoms with E-state index in [0.717, 1.165) is 22.5 Å². The molecular weight excluding hydrogens is 455 g/mol. The highest BCUT2D eigenvalue weighted by molar-refractivity contribution is 7.89. The summed E-state index contributed by atoms with van der Waals surface area (Å²) in [5, 5.41) is 0.871. The van der Waals surface area contributed by atoms with E-state index in [9.17, 15) is 26.4 Å². The van der Waals surface area contributed by atoms with Crippen LogP contribution in [0.1, 0.15) is 24.4 Å². The average molecular weight is 472 g/mol. The number of piperidine rings is 1. The van der Waals surface area contributed by atoms with E-state index in [-0.39, 0.29) is 24.7 Å². The molecule has 164 valence electrons. The van der Waals surface area contributed by atoms with Gasteiger partial charge in [-0.15, -0.1) is 0 Å². The largest absolute Gasteiger partial charge is 0.416 e. The van der Waals surface area contributed by atoms with Crippen molar-refractivity contribution in [3.63, 3.8) is 0 Å². The van der Waals surface area contributed by atoms with Crippen LogP contribution >= 0.6 is 11.6 Å². The maximum absolute atomic E-state index is 13.0. The third-order valence-electron chi connectivity index (χ3n) is 5.36. The molecule has 1 aromatic heterocycles. The zero-order valence-corrected chi connectivity index (χ0v) is 17.6. The summed E-state index contributed by atoms with van der Waals surface area (Å²) < 4.78 is 67.2. The second kappa shape index (κ2) is 7.92. The lowest BCUT2D eigenvalue weighted by atomic mass is 10.1. The van der Waals surface area contributed by atoms with Gasteiger partial charge < -0.3 is 0 Å². The van der Waals surface area contributed by atoms with E-state index in [0.29, 0.717) is 34.8 Å². The van der Waals surface area contributed by atoms with Gasteiger partial charge >= 0.3 is 6.18 Å². The van der Waals surface area contributed by atoms with Crippen molar-refractivity contribution in [2.75, 3.05) is 13.1 Å². The normalized spacial score (nSPS) is 16.6. The highest BCUT2D eigenvalue weighted by Gasteiger charge is 2.34. The number of fused-ring (bicyclic) bond motifs is 1. The van der Waals surface area contributed by atoms with Gasteiger partial charge in [-0.25, -0.2) is 13.4 Å². The monoisotopic (exact) mass is 471 g/mol. The first-order chi connectivity index (χ1) is 14.6. The van der Waals surface area contributed by atoms with Crippen LogP contribution in [0.2, 0.25) is 5.02 Å². The zero-order chi connectivity index (χ0) is 22.4. The van der Waals surface area contributed by atoms with Crippen LogP contribution in [0.3, 0.4) is 0 Å². The smallest absolute Gasteiger partial charge is 0.296 e. The van der Waals surface area contributed by atoms with Gasteiger partial charge in [0.05, 0.1) is 27.7 Å². The second-order valence-corrected chi connectivity index (χ2v) is 9.65. The van der Waals surface area contributed by atoms with Crippen LogP contribution in [-0.4, -0.2) is 35.4 Å². The molecule has 0 saturated carbocycles. The molecule has 0 spiro atoms. The molecule has 0 atom stereocenters. The Morgan fingerprint density at radius 2 is 1.77 bits per heavy atom. The van der Waals surface area contributed by atoms with Crippen LogP contribution in [0.5, 0.6) is 0 Å². The Labute approximate surface area is 180 Å². The summed E-state index contributed by atoms with van der Waals surface area (Å²) in [5.74, 6) is 0. The number of aromatic nitrogens is 2. The quantitative estimate of drug-likeness (QED) is 0.576. The highest BCUT2D eigenvalue weighted by atomic mass is 35.5. The Bertz CT molecular complexity index is 1300. The average Bonchev–Trinajstić information content (AvgIpc) is 2.73. The van der Waals surface area contributed by atoms with Gasteiger partial charge in [-0.2, -0.15) is 17.5 Å². The molecule has 6 nitrogen and oxygen atoms in total. The maximum Gasteiger partial charge on any atom is 0.416 e. The van der Waals surface area contributed by atoms with Crippen molar-refractivity contribution in [1.82, 2.24) is 13.9 Å². The summed E-state index contributed by atoms with van der Waals surface area (Å²) >= 11 is 5.93. The number of hydrogen-bond acceptors (Lipinski definition) is 4. The van der Waals surface area contributed by atoms with Crippen molar-refractivity contribution in [2.45, 2.75) is 30.0 Å². The van der Waals surface area contributed by atoms with E-state index in [2.05, 4.69) is 4.98 Å². The first-order valence-electron chi connectivity index (χ1n) is 9.41. The number of alkyl halides is 3. The predicted octanol–water partition coefficient (Wildman–Crippen LogP) is 4.09. The number of halogens is 4. The molecule has 0 amide bonds. The van der Waals surface area contributed by atoms with E-state index in [1.54, 1.807) is 18.2 Å². The fourth-order valence-electron chi connectivity index (χ4n) is 3.71. The molecule has 2 aromatic carbocycles. The van der Waals surface area contributed by atoms with Crippen molar-refractivity contribution in [3.05, 3.63) is 69.7 Å². The third kappa shape index (κ3) is 4.19. The van der Waals surface area contributed by atoms with Gasteiger partial charge in [0.1, 0.15) is 0 Å². The fraction of sp³-hybridized carbons (Fsp3) is 0.300. The molecule has 31 heavy (non-hydrogen) atoms. The first-order valence-corrected chi connectivity index (χ1v) is 11.2. The van der Waals surface area contributed by atoms with Gasteiger partial charge in [-0.05, 0) is 49.2 Å². The number of hydrogen-bond donors (Lipinski definition) is 0. The highest BCUT2D eigenvalue weighted by Crippen LogP contribution is 2.32. The van der Waals surface area contributed by atoms with E-state index in [4.69, 9.17) is 11.6 Å². The Morgan fingerprint density at radius 3 is 2.45 bits per heavy atom. The Balaban J connectivity index is 1.55. The summed E-state index contributed by atoms with van der Waals surface area (Å²) in [5.41, 5.74) is -0.795. The summed E-state index contributed by atoms with van der Waals surface area (Å²) in [6, 6.07) is 8.22. The summed E-state index contributed by atoms with van der Waals surface area (Å²) in [6.45, 7) is 0.155. The van der Waals surface area contributed by atoms with Gasteiger partial charge in [0.2, 0.25) is 10.0 Å². The molecule has 1 fully saturated rings. The van der Waals surface area contributed by atoms with Gasteiger partial charge in [-0.1, -0.05) is 17.7 Å². The van der Waals surface area contributed by atoms with Crippen molar-refractivity contribution >= 4 is 32.5 Å². The van der Waals surface area contributed by atoms with Crippen molar-refractivity contribution in [1.29, 1.82) is 0 Å². The van der Waals surface area contributed by atoms with Crippen LogP contribution in [0.4, 0.5) is 13.2 Å². The molecule has 0 aliphatic carbocycles. The Hall–Kier alpha value is -2.43. The number of rotatable bonds is 3. The lowest BCUT2D eigenvalue weighted by molar-refractivity contribution is -0.137. The standard InChI is InChI=1S/C20H17ClF3N3O3S/c21-14-4-5-17-18(11-14)25-12-27(19(17)28)15-6-8-26(9-7-15)31(29,30)16-3-1-2-13(10-16)20(22,23)24/h1-5,10-12,15H,6-9H2. The minimum Gasteiger partial charge on any atom is -0.296 e. The molecule has 0 unspecified atom stereocenters. The van der Waals surface area contributed by atoms with E-state index in [1.165, 1.54) is 10.9 Å².